The van der Waals surface area contributed by atoms with E-state index in [1.165, 1.54) is 52.5 Å². The number of esters is 2. The predicted octanol–water partition coefficient (Wildman–Crippen LogP) is 13.3. The Hall–Kier alpha value is -11.6. The van der Waals surface area contributed by atoms with E-state index in [2.05, 4.69) is 69.8 Å². The van der Waals surface area contributed by atoms with Gasteiger partial charge in [-0.15, -0.1) is 0 Å². The maximum absolute atomic E-state index is 13.8. The summed E-state index contributed by atoms with van der Waals surface area (Å²) in [4.78, 5) is 95.4. The summed E-state index contributed by atoms with van der Waals surface area (Å²) in [6, 6.07) is 39.0. The third-order valence-corrected chi connectivity index (χ3v) is 22.6. The van der Waals surface area contributed by atoms with Crippen LogP contribution < -0.4 is 14.7 Å². The van der Waals surface area contributed by atoms with Crippen LogP contribution >= 0.6 is 0 Å². The number of fused-ring (bicyclic) bond motifs is 18. The summed E-state index contributed by atoms with van der Waals surface area (Å²) in [5.41, 5.74) is 21.9. The standard InChI is InChI=1S/2C28H28N4O3.C27H26N4O3/c2*1-28(2)20-14-21-19(18-11-7-10-17-15-29-31-24(17)25(18)30-21)13-22(20)32(27(28)34)23(26(33)35-3)12-16-8-5-4-6-9-16;1-27(2)19-13-20-18(17-10-6-9-16-14-28-30-23(16)24(17)29-20)12-21(19)31(26(27)34)22(25(32)33)11-15-7-4-3-5-8-15/h2*4-6,8-9,13-15,23,30H,7,10-12H2,1-3H3,(H,29,31);3-5,7-8,12-14,22,29H,6,9-11H2,1-2H3,(H,28,30)(H,32,33)/t23-;;/m0../s1. The molecule has 3 amide bonds. The lowest BCUT2D eigenvalue weighted by Gasteiger charge is -2.28. The molecule has 6 aromatic carbocycles. The number of carboxylic acids is 1. The van der Waals surface area contributed by atoms with Gasteiger partial charge in [0.15, 0.2) is 0 Å². The van der Waals surface area contributed by atoms with E-state index in [1.807, 2.05) is 163 Å². The molecule has 3 atom stereocenters. The molecule has 0 saturated heterocycles. The lowest BCUT2D eigenvalue weighted by atomic mass is 9.85. The number of methoxy groups -OCH3 is 2. The SMILES string of the molecule is CC1(C)C(=O)N(C(Cc2ccccc2)C(=O)O)c2cc3c4c([nH]c3cc21)-c1[nH]ncc1CCC4.COC(=O)C(Cc1ccccc1)N1C(=O)C(C)(C)c2cc3[nH]c4c(c3cc21)CCCc1cn[nH]c1-4.COC(=O)[C@H](Cc1ccccc1)N1C(=O)C(C)(C)c2cc3[nH]c4c(c3cc21)CCCc1cn[nH]c1-4. The Bertz CT molecular complexity index is 5210. The Morgan fingerprint density at radius 2 is 0.712 bits per heavy atom. The summed E-state index contributed by atoms with van der Waals surface area (Å²) < 4.78 is 10.4. The molecular formula is C83H82N12O9. The molecule has 9 heterocycles. The fourth-order valence-corrected chi connectivity index (χ4v) is 17.0. The molecule has 3 aliphatic carbocycles. The van der Waals surface area contributed by atoms with Gasteiger partial charge in [0.05, 0.1) is 83.2 Å². The molecule has 18 rings (SSSR count). The summed E-state index contributed by atoms with van der Waals surface area (Å²) in [6.45, 7) is 11.5. The van der Waals surface area contributed by atoms with Gasteiger partial charge >= 0.3 is 17.9 Å². The molecule has 6 aromatic heterocycles. The first kappa shape index (κ1) is 66.9. The Labute approximate surface area is 600 Å². The number of aryl methyl sites for hydroxylation is 6. The zero-order valence-electron chi connectivity index (χ0n) is 59.5. The summed E-state index contributed by atoms with van der Waals surface area (Å²) in [5, 5.41) is 35.6. The monoisotopic (exact) mass is 1390 g/mol. The van der Waals surface area contributed by atoms with Gasteiger partial charge in [0.1, 0.15) is 18.1 Å². The Morgan fingerprint density at radius 3 is 1.00 bits per heavy atom. The number of aliphatic carboxylic acids is 1. The minimum Gasteiger partial charge on any atom is -0.480 e. The number of ether oxygens (including phenoxy) is 2. The van der Waals surface area contributed by atoms with Gasteiger partial charge in [-0.3, -0.25) is 44.4 Å². The minimum atomic E-state index is -1.00. The van der Waals surface area contributed by atoms with E-state index in [0.717, 1.165) is 169 Å². The van der Waals surface area contributed by atoms with E-state index in [1.54, 1.807) is 9.80 Å². The number of carbonyl (C=O) groups excluding carboxylic acids is 5. The molecule has 0 bridgehead atoms. The molecule has 12 aromatic rings. The van der Waals surface area contributed by atoms with Crippen LogP contribution in [0.1, 0.15) is 128 Å². The quantitative estimate of drug-likeness (QED) is 0.0562. The fourth-order valence-electron chi connectivity index (χ4n) is 17.0. The van der Waals surface area contributed by atoms with Gasteiger partial charge in [-0.2, -0.15) is 15.3 Å². The topological polar surface area (TPSA) is 284 Å². The Kier molecular flexibility index (Phi) is 16.5. The molecule has 6 aliphatic rings. The molecule has 0 fully saturated rings. The summed E-state index contributed by atoms with van der Waals surface area (Å²) in [6.07, 6.45) is 15.4. The summed E-state index contributed by atoms with van der Waals surface area (Å²) in [7, 11) is 2.76. The number of anilines is 3. The molecule has 528 valence electrons. The molecule has 2 unspecified atom stereocenters. The molecule has 7 N–H and O–H groups in total. The maximum atomic E-state index is 13.8. The van der Waals surface area contributed by atoms with Gasteiger partial charge in [-0.25, -0.2) is 14.4 Å². The maximum Gasteiger partial charge on any atom is 0.329 e. The van der Waals surface area contributed by atoms with Crippen molar-refractivity contribution in [3.63, 3.8) is 0 Å². The van der Waals surface area contributed by atoms with Crippen LogP contribution in [0.15, 0.2) is 146 Å². The van der Waals surface area contributed by atoms with E-state index >= 15 is 0 Å². The second-order valence-corrected chi connectivity index (χ2v) is 30.0. The molecule has 21 nitrogen and oxygen atoms in total. The number of benzene rings is 6. The average molecular weight is 1390 g/mol. The molecule has 104 heavy (non-hydrogen) atoms. The smallest absolute Gasteiger partial charge is 0.329 e. The fraction of sp³-hybridized carbons (Fsp3) is 0.313. The molecule has 21 heteroatoms. The van der Waals surface area contributed by atoms with Crippen molar-refractivity contribution in [3.8, 4) is 34.2 Å². The van der Waals surface area contributed by atoms with Crippen LogP contribution in [0.4, 0.5) is 17.1 Å². The van der Waals surface area contributed by atoms with Crippen LogP contribution in [0.5, 0.6) is 0 Å². The Morgan fingerprint density at radius 1 is 0.423 bits per heavy atom. The number of rotatable bonds is 12. The zero-order chi connectivity index (χ0) is 72.3. The van der Waals surface area contributed by atoms with Gasteiger partial charge in [-0.05, 0) is 202 Å². The lowest BCUT2D eigenvalue weighted by Crippen LogP contribution is -2.48. The number of hydrogen-bond donors (Lipinski definition) is 7. The van der Waals surface area contributed by atoms with Crippen LogP contribution in [-0.2, 0) is 112 Å². The van der Waals surface area contributed by atoms with Crippen LogP contribution in [0.25, 0.3) is 66.9 Å². The van der Waals surface area contributed by atoms with Crippen LogP contribution in [0.2, 0.25) is 0 Å². The Balaban J connectivity index is 0.000000120. The largest absolute Gasteiger partial charge is 0.480 e. The van der Waals surface area contributed by atoms with Gasteiger partial charge in [0, 0.05) is 69.0 Å². The van der Waals surface area contributed by atoms with Crippen molar-refractivity contribution in [1.29, 1.82) is 0 Å². The number of aromatic amines is 6. The molecule has 0 spiro atoms. The van der Waals surface area contributed by atoms with E-state index in [4.69, 9.17) is 9.47 Å². The second kappa shape index (κ2) is 25.7. The zero-order valence-corrected chi connectivity index (χ0v) is 59.5. The number of nitrogens with one attached hydrogen (secondary N) is 6. The van der Waals surface area contributed by atoms with Crippen molar-refractivity contribution in [1.82, 2.24) is 45.5 Å². The first-order valence-corrected chi connectivity index (χ1v) is 35.8. The van der Waals surface area contributed by atoms with Crippen LogP contribution in [0, 0.1) is 0 Å². The lowest BCUT2D eigenvalue weighted by molar-refractivity contribution is -0.144. The van der Waals surface area contributed by atoms with Gasteiger partial charge < -0.3 is 29.5 Å². The van der Waals surface area contributed by atoms with Crippen molar-refractivity contribution >= 4 is 85.4 Å². The molecule has 3 aliphatic heterocycles. The van der Waals surface area contributed by atoms with Crippen molar-refractivity contribution < 1.29 is 43.3 Å². The van der Waals surface area contributed by atoms with Crippen molar-refractivity contribution in [3.05, 3.63) is 213 Å². The molecule has 0 saturated carbocycles. The first-order chi connectivity index (χ1) is 50.2. The third-order valence-electron chi connectivity index (χ3n) is 22.6. The number of hydrogen-bond acceptors (Lipinski definition) is 11. The normalized spacial score (nSPS) is 17.1. The summed E-state index contributed by atoms with van der Waals surface area (Å²) in [5.74, 6) is -2.19. The first-order valence-electron chi connectivity index (χ1n) is 35.8. The van der Waals surface area contributed by atoms with Gasteiger partial charge in [0.25, 0.3) is 0 Å². The van der Waals surface area contributed by atoms with Crippen molar-refractivity contribution in [2.75, 3.05) is 28.9 Å². The van der Waals surface area contributed by atoms with Crippen molar-refractivity contribution in [2.24, 2.45) is 0 Å². The van der Waals surface area contributed by atoms with E-state index in [-0.39, 0.29) is 24.1 Å². The van der Waals surface area contributed by atoms with Gasteiger partial charge in [0.2, 0.25) is 17.7 Å². The van der Waals surface area contributed by atoms with Crippen molar-refractivity contribution in [2.45, 2.75) is 153 Å². The number of carbonyl (C=O) groups is 6. The van der Waals surface area contributed by atoms with Gasteiger partial charge in [-0.1, -0.05) is 91.0 Å². The van der Waals surface area contributed by atoms with E-state index in [0.29, 0.717) is 18.5 Å². The number of aromatic nitrogens is 9. The average Bonchev–Trinajstić information content (AvgIpc) is 1.57. The second-order valence-electron chi connectivity index (χ2n) is 30.0. The highest BCUT2D eigenvalue weighted by Gasteiger charge is 2.52. The van der Waals surface area contributed by atoms with Crippen LogP contribution in [0.3, 0.4) is 0 Å². The highest BCUT2D eigenvalue weighted by atomic mass is 16.5. The number of amides is 3. The minimum absolute atomic E-state index is 0.0894. The van der Waals surface area contributed by atoms with E-state index < -0.39 is 52.3 Å². The third kappa shape index (κ3) is 11.0. The number of carboxylic acid groups (broad SMARTS) is 1. The number of H-pyrrole nitrogens is 6. The van der Waals surface area contributed by atoms with E-state index in [9.17, 15) is 33.9 Å². The predicted molar refractivity (Wildman–Crippen MR) is 399 cm³/mol. The highest BCUT2D eigenvalue weighted by molar-refractivity contribution is 6.16. The molecular weight excluding hydrogens is 1310 g/mol. The number of nitrogens with zero attached hydrogens (tertiary/aromatic N) is 6. The summed E-state index contributed by atoms with van der Waals surface area (Å²) >= 11 is 0. The highest BCUT2D eigenvalue weighted by Crippen LogP contribution is 2.51. The van der Waals surface area contributed by atoms with Crippen LogP contribution in [-0.4, -0.2) is 119 Å². The molecule has 0 radical (unpaired) electrons.